The van der Waals surface area contributed by atoms with Gasteiger partial charge in [0, 0.05) is 22.4 Å². The SMILES string of the molecule is COCCOc1ccccc1C(NN)c1cc(C)c(C)s1. The largest absolute Gasteiger partial charge is 0.491 e. The molecule has 5 heteroatoms. The molecule has 0 fully saturated rings. The number of methoxy groups -OCH3 is 1. The molecule has 0 saturated heterocycles. The number of ether oxygens (including phenoxy) is 2. The Kier molecular flexibility index (Phi) is 5.76. The van der Waals surface area contributed by atoms with E-state index in [1.807, 2.05) is 24.3 Å². The summed E-state index contributed by atoms with van der Waals surface area (Å²) in [6.45, 7) is 5.32. The topological polar surface area (TPSA) is 56.5 Å². The van der Waals surface area contributed by atoms with E-state index in [-0.39, 0.29) is 6.04 Å². The van der Waals surface area contributed by atoms with Crippen LogP contribution in [0.3, 0.4) is 0 Å². The van der Waals surface area contributed by atoms with Crippen molar-refractivity contribution in [3.63, 3.8) is 0 Å². The highest BCUT2D eigenvalue weighted by Crippen LogP contribution is 2.34. The fourth-order valence-electron chi connectivity index (χ4n) is 2.15. The maximum absolute atomic E-state index is 5.80. The van der Waals surface area contributed by atoms with Crippen molar-refractivity contribution in [2.45, 2.75) is 19.9 Å². The summed E-state index contributed by atoms with van der Waals surface area (Å²) in [5.74, 6) is 6.63. The average Bonchev–Trinajstić information content (AvgIpc) is 2.81. The lowest BCUT2D eigenvalue weighted by Crippen LogP contribution is -2.28. The first-order valence-corrected chi connectivity index (χ1v) is 7.72. The van der Waals surface area contributed by atoms with Crippen LogP contribution in [0.1, 0.15) is 26.9 Å². The Bertz CT molecular complexity index is 564. The molecule has 0 amide bonds. The Labute approximate surface area is 129 Å². The van der Waals surface area contributed by atoms with E-state index < -0.39 is 0 Å². The monoisotopic (exact) mass is 306 g/mol. The summed E-state index contributed by atoms with van der Waals surface area (Å²) in [5, 5.41) is 0. The fraction of sp³-hybridized carbons (Fsp3) is 0.375. The number of hydrogen-bond acceptors (Lipinski definition) is 5. The minimum Gasteiger partial charge on any atom is -0.491 e. The molecule has 0 radical (unpaired) electrons. The van der Waals surface area contributed by atoms with Gasteiger partial charge in [-0.3, -0.25) is 5.84 Å². The molecule has 0 saturated carbocycles. The number of nitrogens with one attached hydrogen (secondary N) is 1. The third-order valence-corrected chi connectivity index (χ3v) is 4.63. The second kappa shape index (κ2) is 7.56. The molecule has 1 atom stereocenters. The average molecular weight is 306 g/mol. The highest BCUT2D eigenvalue weighted by atomic mass is 32.1. The van der Waals surface area contributed by atoms with Crippen LogP contribution in [0.4, 0.5) is 0 Å². The number of aryl methyl sites for hydroxylation is 2. The summed E-state index contributed by atoms with van der Waals surface area (Å²) >= 11 is 1.76. The Hall–Kier alpha value is -1.40. The van der Waals surface area contributed by atoms with Crippen LogP contribution < -0.4 is 16.0 Å². The zero-order valence-corrected chi connectivity index (χ0v) is 13.5. The van der Waals surface area contributed by atoms with E-state index in [2.05, 4.69) is 25.3 Å². The lowest BCUT2D eigenvalue weighted by Gasteiger charge is -2.19. The number of benzene rings is 1. The van der Waals surface area contributed by atoms with Crippen LogP contribution in [0, 0.1) is 13.8 Å². The lowest BCUT2D eigenvalue weighted by molar-refractivity contribution is 0.145. The van der Waals surface area contributed by atoms with Gasteiger partial charge in [0.1, 0.15) is 12.4 Å². The number of hydrogen-bond donors (Lipinski definition) is 2. The van der Waals surface area contributed by atoms with E-state index in [0.717, 1.165) is 11.3 Å². The second-order valence-corrected chi connectivity index (χ2v) is 6.15. The smallest absolute Gasteiger partial charge is 0.124 e. The zero-order chi connectivity index (χ0) is 15.2. The number of para-hydroxylation sites is 1. The third kappa shape index (κ3) is 3.83. The summed E-state index contributed by atoms with van der Waals surface area (Å²) in [5.41, 5.74) is 5.23. The van der Waals surface area contributed by atoms with Gasteiger partial charge in [0.05, 0.1) is 12.6 Å². The van der Waals surface area contributed by atoms with Gasteiger partial charge in [-0.2, -0.15) is 0 Å². The molecule has 0 aliphatic rings. The maximum Gasteiger partial charge on any atom is 0.124 e. The summed E-state index contributed by atoms with van der Waals surface area (Å²) in [7, 11) is 1.66. The van der Waals surface area contributed by atoms with Crippen molar-refractivity contribution in [2.24, 2.45) is 5.84 Å². The summed E-state index contributed by atoms with van der Waals surface area (Å²) < 4.78 is 10.8. The molecule has 0 spiro atoms. The van der Waals surface area contributed by atoms with Gasteiger partial charge in [-0.15, -0.1) is 11.3 Å². The third-order valence-electron chi connectivity index (χ3n) is 3.41. The predicted octanol–water partition coefficient (Wildman–Crippen LogP) is 2.94. The zero-order valence-electron chi connectivity index (χ0n) is 12.7. The maximum atomic E-state index is 5.80. The van der Waals surface area contributed by atoms with E-state index >= 15 is 0 Å². The van der Waals surface area contributed by atoms with E-state index in [1.165, 1.54) is 15.3 Å². The van der Waals surface area contributed by atoms with Gasteiger partial charge in [-0.25, -0.2) is 5.43 Å². The number of nitrogens with two attached hydrogens (primary N) is 1. The first-order chi connectivity index (χ1) is 10.2. The lowest BCUT2D eigenvalue weighted by atomic mass is 10.0. The first kappa shape index (κ1) is 16.0. The van der Waals surface area contributed by atoms with Gasteiger partial charge in [0.25, 0.3) is 0 Å². The molecule has 0 aliphatic carbocycles. The molecule has 1 aromatic heterocycles. The van der Waals surface area contributed by atoms with Crippen molar-refractivity contribution in [3.8, 4) is 5.75 Å². The number of rotatable bonds is 7. The molecule has 1 unspecified atom stereocenters. The fourth-order valence-corrected chi connectivity index (χ4v) is 3.28. The van der Waals surface area contributed by atoms with E-state index in [0.29, 0.717) is 13.2 Å². The molecule has 2 rings (SSSR count). The predicted molar refractivity (Wildman–Crippen MR) is 86.8 cm³/mol. The summed E-state index contributed by atoms with van der Waals surface area (Å²) in [4.78, 5) is 2.50. The molecule has 0 aliphatic heterocycles. The van der Waals surface area contributed by atoms with Crippen LogP contribution in [-0.4, -0.2) is 20.3 Å². The Morgan fingerprint density at radius 1 is 1.24 bits per heavy atom. The van der Waals surface area contributed by atoms with Gasteiger partial charge in [0.15, 0.2) is 0 Å². The first-order valence-electron chi connectivity index (χ1n) is 6.91. The molecular formula is C16H22N2O2S. The molecule has 114 valence electrons. The second-order valence-electron chi connectivity index (χ2n) is 4.87. The van der Waals surface area contributed by atoms with E-state index in [4.69, 9.17) is 15.3 Å². The summed E-state index contributed by atoms with van der Waals surface area (Å²) in [6.07, 6.45) is 0. The Balaban J connectivity index is 2.29. The van der Waals surface area contributed by atoms with Crippen LogP contribution in [0.15, 0.2) is 30.3 Å². The molecular weight excluding hydrogens is 284 g/mol. The Morgan fingerprint density at radius 3 is 2.62 bits per heavy atom. The van der Waals surface area contributed by atoms with Gasteiger partial charge in [-0.05, 0) is 31.5 Å². The van der Waals surface area contributed by atoms with E-state index in [1.54, 1.807) is 18.4 Å². The molecule has 0 bridgehead atoms. The van der Waals surface area contributed by atoms with Crippen LogP contribution in [-0.2, 0) is 4.74 Å². The van der Waals surface area contributed by atoms with Gasteiger partial charge < -0.3 is 9.47 Å². The minimum absolute atomic E-state index is 0.0684. The van der Waals surface area contributed by atoms with Crippen molar-refractivity contribution in [3.05, 3.63) is 51.2 Å². The normalized spacial score (nSPS) is 12.4. The van der Waals surface area contributed by atoms with Crippen molar-refractivity contribution in [1.29, 1.82) is 0 Å². The van der Waals surface area contributed by atoms with Gasteiger partial charge >= 0.3 is 0 Å². The van der Waals surface area contributed by atoms with E-state index in [9.17, 15) is 0 Å². The van der Waals surface area contributed by atoms with Gasteiger partial charge in [0.2, 0.25) is 0 Å². The van der Waals surface area contributed by atoms with Crippen molar-refractivity contribution in [1.82, 2.24) is 5.43 Å². The molecule has 3 N–H and O–H groups in total. The highest BCUT2D eigenvalue weighted by Gasteiger charge is 2.19. The van der Waals surface area contributed by atoms with Crippen LogP contribution in [0.2, 0.25) is 0 Å². The molecule has 2 aromatic rings. The van der Waals surface area contributed by atoms with Crippen molar-refractivity contribution < 1.29 is 9.47 Å². The van der Waals surface area contributed by atoms with Crippen LogP contribution in [0.25, 0.3) is 0 Å². The molecule has 1 aromatic carbocycles. The van der Waals surface area contributed by atoms with Crippen molar-refractivity contribution in [2.75, 3.05) is 20.3 Å². The highest BCUT2D eigenvalue weighted by molar-refractivity contribution is 7.12. The van der Waals surface area contributed by atoms with Gasteiger partial charge in [-0.1, -0.05) is 18.2 Å². The standard InChI is InChI=1S/C16H22N2O2S/c1-11-10-15(21-12(11)2)16(18-17)13-6-4-5-7-14(13)20-9-8-19-3/h4-7,10,16,18H,8-9,17H2,1-3H3. The number of thiophene rings is 1. The quantitative estimate of drug-likeness (QED) is 0.469. The number of hydrazine groups is 1. The summed E-state index contributed by atoms with van der Waals surface area (Å²) in [6, 6.07) is 10.1. The molecule has 1 heterocycles. The van der Waals surface area contributed by atoms with Crippen molar-refractivity contribution >= 4 is 11.3 Å². The minimum atomic E-state index is -0.0684. The molecule has 21 heavy (non-hydrogen) atoms. The Morgan fingerprint density at radius 2 is 2.00 bits per heavy atom. The van der Waals surface area contributed by atoms with Crippen LogP contribution >= 0.6 is 11.3 Å². The molecule has 4 nitrogen and oxygen atoms in total. The van der Waals surface area contributed by atoms with Crippen LogP contribution in [0.5, 0.6) is 5.75 Å².